The number of nitrogens with zero attached hydrogens (tertiary/aromatic N) is 1. The summed E-state index contributed by atoms with van der Waals surface area (Å²) in [5.74, 6) is 0.729. The molecule has 0 saturated heterocycles. The van der Waals surface area contributed by atoms with Crippen LogP contribution in [0.3, 0.4) is 0 Å². The first kappa shape index (κ1) is 15.6. The van der Waals surface area contributed by atoms with E-state index in [1.165, 1.54) is 0 Å². The van der Waals surface area contributed by atoms with E-state index in [4.69, 9.17) is 21.1 Å². The summed E-state index contributed by atoms with van der Waals surface area (Å²) in [6, 6.07) is 11.0. The normalized spacial score (nSPS) is 12.5. The molecule has 0 unspecified atom stereocenters. The van der Waals surface area contributed by atoms with E-state index in [1.54, 1.807) is 12.1 Å². The number of hydrogen-bond acceptors (Lipinski definition) is 4. The molecule has 1 heterocycles. The number of hydrogen-bond donors (Lipinski definition) is 1. The quantitative estimate of drug-likeness (QED) is 0.932. The Balaban J connectivity index is 1.78. The number of carbonyl (C=O) groups is 1. The van der Waals surface area contributed by atoms with Crippen LogP contribution in [0.2, 0.25) is 5.02 Å². The van der Waals surface area contributed by atoms with Crippen LogP contribution in [0.15, 0.2) is 36.4 Å². The standard InChI is InChI=1S/C17H17ClN2O3/c1-20(2)9-11-4-3-5-13(6-11)19-17(21)12-7-14(18)16-15(8-12)22-10-23-16/h3-8H,9-10H2,1-2H3,(H,19,21). The molecular weight excluding hydrogens is 316 g/mol. The van der Waals surface area contributed by atoms with Crippen molar-refractivity contribution in [2.75, 3.05) is 26.2 Å². The van der Waals surface area contributed by atoms with Crippen LogP contribution < -0.4 is 14.8 Å². The Morgan fingerprint density at radius 2 is 2.09 bits per heavy atom. The van der Waals surface area contributed by atoms with Gasteiger partial charge >= 0.3 is 0 Å². The van der Waals surface area contributed by atoms with Gasteiger partial charge in [0.25, 0.3) is 5.91 Å². The van der Waals surface area contributed by atoms with Crippen molar-refractivity contribution in [1.82, 2.24) is 4.90 Å². The SMILES string of the molecule is CN(C)Cc1cccc(NC(=O)c2cc(Cl)c3c(c2)OCO3)c1. The minimum atomic E-state index is -0.243. The lowest BCUT2D eigenvalue weighted by Crippen LogP contribution is -2.13. The molecule has 1 aliphatic rings. The summed E-state index contributed by atoms with van der Waals surface area (Å²) in [7, 11) is 4.00. The highest BCUT2D eigenvalue weighted by molar-refractivity contribution is 6.32. The third-order valence-corrected chi connectivity index (χ3v) is 3.65. The van der Waals surface area contributed by atoms with Crippen LogP contribution in [0.4, 0.5) is 5.69 Å². The molecule has 2 aromatic carbocycles. The Labute approximate surface area is 139 Å². The number of ether oxygens (including phenoxy) is 2. The highest BCUT2D eigenvalue weighted by Crippen LogP contribution is 2.39. The van der Waals surface area contributed by atoms with Crippen molar-refractivity contribution >= 4 is 23.2 Å². The van der Waals surface area contributed by atoms with Gasteiger partial charge in [0.1, 0.15) is 0 Å². The van der Waals surface area contributed by atoms with Gasteiger partial charge in [0.2, 0.25) is 6.79 Å². The maximum atomic E-state index is 12.4. The summed E-state index contributed by atoms with van der Waals surface area (Å²) in [4.78, 5) is 14.5. The van der Waals surface area contributed by atoms with Crippen molar-refractivity contribution in [1.29, 1.82) is 0 Å². The third kappa shape index (κ3) is 3.57. The number of amides is 1. The van der Waals surface area contributed by atoms with E-state index >= 15 is 0 Å². The van der Waals surface area contributed by atoms with E-state index in [9.17, 15) is 4.79 Å². The van der Waals surface area contributed by atoms with Gasteiger partial charge < -0.3 is 19.7 Å². The molecule has 0 aromatic heterocycles. The zero-order valence-corrected chi connectivity index (χ0v) is 13.7. The molecule has 0 spiro atoms. The summed E-state index contributed by atoms with van der Waals surface area (Å²) < 4.78 is 10.5. The number of nitrogens with one attached hydrogen (secondary N) is 1. The Bertz CT molecular complexity index is 747. The van der Waals surface area contributed by atoms with Gasteiger partial charge in [-0.3, -0.25) is 4.79 Å². The molecule has 120 valence electrons. The predicted octanol–water partition coefficient (Wildman–Crippen LogP) is 3.38. The first-order valence-electron chi connectivity index (χ1n) is 7.17. The van der Waals surface area contributed by atoms with E-state index in [-0.39, 0.29) is 12.7 Å². The summed E-state index contributed by atoms with van der Waals surface area (Å²) in [5, 5.41) is 3.24. The molecule has 0 saturated carbocycles. The first-order chi connectivity index (χ1) is 11.0. The second kappa shape index (κ2) is 6.48. The summed E-state index contributed by atoms with van der Waals surface area (Å²) in [6.07, 6.45) is 0. The molecule has 1 amide bonds. The Morgan fingerprint density at radius 1 is 1.26 bits per heavy atom. The fraction of sp³-hybridized carbons (Fsp3) is 0.235. The third-order valence-electron chi connectivity index (χ3n) is 3.37. The lowest BCUT2D eigenvalue weighted by Gasteiger charge is -2.12. The first-order valence-corrected chi connectivity index (χ1v) is 7.55. The maximum Gasteiger partial charge on any atom is 0.255 e. The van der Waals surface area contributed by atoms with Crippen LogP contribution in [0.5, 0.6) is 11.5 Å². The van der Waals surface area contributed by atoms with Gasteiger partial charge in [-0.15, -0.1) is 0 Å². The van der Waals surface area contributed by atoms with Gasteiger partial charge in [-0.2, -0.15) is 0 Å². The van der Waals surface area contributed by atoms with Crippen LogP contribution in [0.25, 0.3) is 0 Å². The highest BCUT2D eigenvalue weighted by Gasteiger charge is 2.20. The largest absolute Gasteiger partial charge is 0.454 e. The summed E-state index contributed by atoms with van der Waals surface area (Å²) in [6.45, 7) is 0.923. The summed E-state index contributed by atoms with van der Waals surface area (Å²) in [5.41, 5.74) is 2.29. The van der Waals surface area contributed by atoms with Crippen molar-refractivity contribution in [2.45, 2.75) is 6.54 Å². The summed E-state index contributed by atoms with van der Waals surface area (Å²) >= 11 is 6.11. The molecule has 1 aliphatic heterocycles. The lowest BCUT2D eigenvalue weighted by molar-refractivity contribution is 0.102. The number of fused-ring (bicyclic) bond motifs is 1. The molecule has 5 nitrogen and oxygen atoms in total. The van der Waals surface area contributed by atoms with E-state index in [2.05, 4.69) is 10.2 Å². The molecule has 2 aromatic rings. The van der Waals surface area contributed by atoms with E-state index in [0.717, 1.165) is 17.8 Å². The topological polar surface area (TPSA) is 50.8 Å². The van der Waals surface area contributed by atoms with E-state index in [0.29, 0.717) is 22.1 Å². The molecule has 6 heteroatoms. The zero-order valence-electron chi connectivity index (χ0n) is 12.9. The number of halogens is 1. The number of anilines is 1. The maximum absolute atomic E-state index is 12.4. The number of rotatable bonds is 4. The second-order valence-corrected chi connectivity index (χ2v) is 5.99. The van der Waals surface area contributed by atoms with Crippen molar-refractivity contribution < 1.29 is 14.3 Å². The van der Waals surface area contributed by atoms with Gasteiger partial charge in [0, 0.05) is 17.8 Å². The van der Waals surface area contributed by atoms with Gasteiger partial charge in [-0.1, -0.05) is 23.7 Å². The molecule has 0 atom stereocenters. The molecule has 3 rings (SSSR count). The van der Waals surface area contributed by atoms with Gasteiger partial charge in [-0.05, 0) is 43.9 Å². The Morgan fingerprint density at radius 3 is 2.87 bits per heavy atom. The minimum Gasteiger partial charge on any atom is -0.454 e. The molecule has 0 aliphatic carbocycles. The van der Waals surface area contributed by atoms with Crippen LogP contribution in [-0.4, -0.2) is 31.7 Å². The fourth-order valence-corrected chi connectivity index (χ4v) is 2.68. The van der Waals surface area contributed by atoms with Crippen molar-refractivity contribution in [3.63, 3.8) is 0 Å². The van der Waals surface area contributed by atoms with Gasteiger partial charge in [0.05, 0.1) is 5.02 Å². The second-order valence-electron chi connectivity index (χ2n) is 5.58. The van der Waals surface area contributed by atoms with E-state index in [1.807, 2.05) is 38.4 Å². The highest BCUT2D eigenvalue weighted by atomic mass is 35.5. The van der Waals surface area contributed by atoms with Crippen molar-refractivity contribution in [3.05, 3.63) is 52.5 Å². The van der Waals surface area contributed by atoms with Crippen molar-refractivity contribution in [2.24, 2.45) is 0 Å². The molecule has 0 bridgehead atoms. The molecule has 1 N–H and O–H groups in total. The van der Waals surface area contributed by atoms with Crippen LogP contribution in [0.1, 0.15) is 15.9 Å². The Hall–Kier alpha value is -2.24. The molecule has 0 radical (unpaired) electrons. The van der Waals surface area contributed by atoms with Gasteiger partial charge in [-0.25, -0.2) is 0 Å². The fourth-order valence-electron chi connectivity index (χ4n) is 2.41. The van der Waals surface area contributed by atoms with Crippen molar-refractivity contribution in [3.8, 4) is 11.5 Å². The van der Waals surface area contributed by atoms with Crippen LogP contribution >= 0.6 is 11.6 Å². The smallest absolute Gasteiger partial charge is 0.255 e. The minimum absolute atomic E-state index is 0.118. The average Bonchev–Trinajstić information content (AvgIpc) is 2.96. The molecule has 23 heavy (non-hydrogen) atoms. The number of benzene rings is 2. The molecule has 0 fully saturated rings. The number of carbonyl (C=O) groups excluding carboxylic acids is 1. The monoisotopic (exact) mass is 332 g/mol. The Kier molecular flexibility index (Phi) is 4.41. The van der Waals surface area contributed by atoms with Crippen LogP contribution in [-0.2, 0) is 6.54 Å². The lowest BCUT2D eigenvalue weighted by atomic mass is 10.1. The average molecular weight is 333 g/mol. The predicted molar refractivity (Wildman–Crippen MR) is 89.4 cm³/mol. The molecular formula is C17H17ClN2O3. The zero-order chi connectivity index (χ0) is 16.4. The van der Waals surface area contributed by atoms with Gasteiger partial charge in [0.15, 0.2) is 11.5 Å². The van der Waals surface area contributed by atoms with Crippen LogP contribution in [0, 0.1) is 0 Å². The van der Waals surface area contributed by atoms with E-state index < -0.39 is 0 Å².